The van der Waals surface area contributed by atoms with Crippen LogP contribution in [0.3, 0.4) is 0 Å². The van der Waals surface area contributed by atoms with Gasteiger partial charge in [0, 0.05) is 24.5 Å². The number of hydrogen-bond donors (Lipinski definition) is 1. The highest BCUT2D eigenvalue weighted by Crippen LogP contribution is 2.34. The molecule has 1 aromatic carbocycles. The minimum Gasteiger partial charge on any atom is -0.383 e. The third-order valence-electron chi connectivity index (χ3n) is 4.02. The normalized spacial score (nSPS) is 15.5. The van der Waals surface area contributed by atoms with Crippen LogP contribution < -0.4 is 10.9 Å². The summed E-state index contributed by atoms with van der Waals surface area (Å²) in [6, 6.07) is 4.89. The Balaban J connectivity index is 1.74. The van der Waals surface area contributed by atoms with E-state index >= 15 is 0 Å². The van der Waals surface area contributed by atoms with Gasteiger partial charge in [-0.05, 0) is 18.2 Å². The molecule has 0 aliphatic carbocycles. The predicted octanol–water partition coefficient (Wildman–Crippen LogP) is 3.96. The van der Waals surface area contributed by atoms with Crippen molar-refractivity contribution in [2.24, 2.45) is 0 Å². The zero-order chi connectivity index (χ0) is 20.3. The first kappa shape index (κ1) is 21.5. The van der Waals surface area contributed by atoms with Gasteiger partial charge in [-0.1, -0.05) is 41.9 Å². The average molecular weight is 460 g/mol. The smallest absolute Gasteiger partial charge is 0.268 e. The van der Waals surface area contributed by atoms with Crippen LogP contribution in [0, 0.1) is 0 Å². The van der Waals surface area contributed by atoms with Crippen molar-refractivity contribution in [3.8, 4) is 0 Å². The lowest BCUT2D eigenvalue weighted by molar-refractivity contribution is -0.113. The summed E-state index contributed by atoms with van der Waals surface area (Å²) in [5.41, 5.74) is 1.30. The summed E-state index contributed by atoms with van der Waals surface area (Å²) in [5.74, 6) is -0.111. The second kappa shape index (κ2) is 9.54. The minimum atomic E-state index is -0.223. The summed E-state index contributed by atoms with van der Waals surface area (Å²) >= 11 is 14.6. The molecule has 1 unspecified atom stereocenters. The van der Waals surface area contributed by atoms with Gasteiger partial charge in [-0.3, -0.25) is 14.2 Å². The van der Waals surface area contributed by atoms with Gasteiger partial charge in [0.1, 0.15) is 0 Å². The van der Waals surface area contributed by atoms with Crippen molar-refractivity contribution in [1.82, 2.24) is 9.55 Å². The first-order valence-electron chi connectivity index (χ1n) is 8.56. The number of carbonyl (C=O) groups excluding carboxylic acids is 1. The Labute approximate surface area is 181 Å². The molecule has 1 aliphatic rings. The Morgan fingerprint density at radius 1 is 1.43 bits per heavy atom. The highest BCUT2D eigenvalue weighted by Gasteiger charge is 2.26. The zero-order valence-corrected chi connectivity index (χ0v) is 18.5. The molecule has 1 aromatic heterocycles. The fourth-order valence-electron chi connectivity index (χ4n) is 2.72. The lowest BCUT2D eigenvalue weighted by atomic mass is 10.2. The number of ether oxygens (including phenoxy) is 1. The van der Waals surface area contributed by atoms with Crippen LogP contribution in [0.4, 0.5) is 5.69 Å². The predicted molar refractivity (Wildman–Crippen MR) is 115 cm³/mol. The number of amides is 1. The molecule has 28 heavy (non-hydrogen) atoms. The molecule has 0 saturated heterocycles. The van der Waals surface area contributed by atoms with Gasteiger partial charge in [-0.25, -0.2) is 4.98 Å². The molecule has 150 valence electrons. The molecular formula is C18H19Cl2N3O3S2. The van der Waals surface area contributed by atoms with Crippen molar-refractivity contribution < 1.29 is 9.53 Å². The summed E-state index contributed by atoms with van der Waals surface area (Å²) < 4.78 is 6.70. The van der Waals surface area contributed by atoms with Crippen molar-refractivity contribution in [3.63, 3.8) is 0 Å². The molecule has 0 fully saturated rings. The number of hydrogen-bond acceptors (Lipinski definition) is 6. The third-order valence-corrected chi connectivity index (χ3v) is 6.95. The Kier molecular flexibility index (Phi) is 7.33. The summed E-state index contributed by atoms with van der Waals surface area (Å²) in [6.45, 7) is 2.85. The molecular weight excluding hydrogens is 441 g/mol. The number of nitrogens with one attached hydrogen (secondary N) is 1. The number of fused-ring (bicyclic) bond motifs is 1. The van der Waals surface area contributed by atoms with Crippen LogP contribution in [0.5, 0.6) is 0 Å². The third kappa shape index (κ3) is 5.04. The van der Waals surface area contributed by atoms with E-state index in [0.29, 0.717) is 44.2 Å². The number of aromatic nitrogens is 2. The van der Waals surface area contributed by atoms with Crippen molar-refractivity contribution in [1.29, 1.82) is 0 Å². The van der Waals surface area contributed by atoms with Crippen molar-refractivity contribution in [2.45, 2.75) is 35.2 Å². The Hall–Kier alpha value is -1.19. The molecule has 2 aromatic rings. The Morgan fingerprint density at radius 3 is 2.93 bits per heavy atom. The summed E-state index contributed by atoms with van der Waals surface area (Å²) in [6.07, 6.45) is 0.753. The summed E-state index contributed by atoms with van der Waals surface area (Å²) in [5, 5.41) is 4.41. The van der Waals surface area contributed by atoms with Crippen LogP contribution in [0.1, 0.15) is 12.6 Å². The van der Waals surface area contributed by atoms with E-state index in [4.69, 9.17) is 27.9 Å². The zero-order valence-electron chi connectivity index (χ0n) is 15.3. The highest BCUT2D eigenvalue weighted by molar-refractivity contribution is 8.00. The van der Waals surface area contributed by atoms with E-state index in [0.717, 1.165) is 12.1 Å². The maximum absolute atomic E-state index is 12.8. The molecule has 1 atom stereocenters. The van der Waals surface area contributed by atoms with Crippen LogP contribution >= 0.6 is 46.7 Å². The van der Waals surface area contributed by atoms with Crippen molar-refractivity contribution >= 4 is 58.3 Å². The fourth-order valence-corrected chi connectivity index (χ4v) is 4.98. The van der Waals surface area contributed by atoms with Gasteiger partial charge in [0.2, 0.25) is 5.91 Å². The molecule has 3 rings (SSSR count). The van der Waals surface area contributed by atoms with Crippen LogP contribution in [0.2, 0.25) is 10.0 Å². The van der Waals surface area contributed by atoms with Crippen LogP contribution in [-0.4, -0.2) is 40.2 Å². The molecule has 0 spiro atoms. The van der Waals surface area contributed by atoms with Crippen LogP contribution in [0.15, 0.2) is 33.0 Å². The van der Waals surface area contributed by atoms with Crippen LogP contribution in [0.25, 0.3) is 0 Å². The van der Waals surface area contributed by atoms with Gasteiger partial charge in [-0.2, -0.15) is 0 Å². The van der Waals surface area contributed by atoms with Gasteiger partial charge in [0.15, 0.2) is 5.16 Å². The van der Waals surface area contributed by atoms with E-state index < -0.39 is 0 Å². The first-order chi connectivity index (χ1) is 13.4. The van der Waals surface area contributed by atoms with E-state index in [2.05, 4.69) is 17.2 Å². The van der Waals surface area contributed by atoms with Gasteiger partial charge in [0.25, 0.3) is 5.56 Å². The molecule has 1 aliphatic heterocycles. The van der Waals surface area contributed by atoms with E-state index in [9.17, 15) is 9.59 Å². The molecule has 0 saturated carbocycles. The number of benzene rings is 1. The van der Waals surface area contributed by atoms with Gasteiger partial charge in [-0.15, -0.1) is 11.8 Å². The second-order valence-electron chi connectivity index (χ2n) is 6.22. The maximum atomic E-state index is 12.8. The summed E-state index contributed by atoms with van der Waals surface area (Å²) in [7, 11) is 1.58. The fraction of sp³-hybridized carbons (Fsp3) is 0.389. The number of carbonyl (C=O) groups is 1. The SMILES string of the molecule is COCCn1c(SCC(=O)Nc2ccc(Cl)c(Cl)c2)nc2c(c1=O)SC(C)C2. The maximum Gasteiger partial charge on any atom is 0.268 e. The van der Waals surface area contributed by atoms with E-state index in [-0.39, 0.29) is 17.2 Å². The number of nitrogens with zero attached hydrogens (tertiary/aromatic N) is 2. The Bertz CT molecular complexity index is 952. The van der Waals surface area contributed by atoms with Gasteiger partial charge >= 0.3 is 0 Å². The lowest BCUT2D eigenvalue weighted by Gasteiger charge is -2.13. The van der Waals surface area contributed by atoms with Crippen molar-refractivity contribution in [2.75, 3.05) is 24.8 Å². The standard InChI is InChI=1S/C18H19Cl2N3O3S2/c1-10-7-14-16(28-10)17(25)23(5-6-26-2)18(22-14)27-9-15(24)21-11-3-4-12(19)13(20)8-11/h3-4,8,10H,5-7,9H2,1-2H3,(H,21,24). The van der Waals surface area contributed by atoms with Gasteiger partial charge < -0.3 is 10.1 Å². The number of rotatable bonds is 7. The number of methoxy groups -OCH3 is 1. The highest BCUT2D eigenvalue weighted by atomic mass is 35.5. The number of anilines is 1. The average Bonchev–Trinajstić information content (AvgIpc) is 3.03. The largest absolute Gasteiger partial charge is 0.383 e. The molecule has 2 heterocycles. The summed E-state index contributed by atoms with van der Waals surface area (Å²) in [4.78, 5) is 30.5. The molecule has 0 radical (unpaired) electrons. The number of thioether (sulfide) groups is 2. The number of halogens is 2. The Morgan fingerprint density at radius 2 is 2.21 bits per heavy atom. The van der Waals surface area contributed by atoms with Crippen molar-refractivity contribution in [3.05, 3.63) is 44.3 Å². The molecule has 6 nitrogen and oxygen atoms in total. The van der Waals surface area contributed by atoms with E-state index in [1.54, 1.807) is 41.6 Å². The quantitative estimate of drug-likeness (QED) is 0.498. The molecule has 10 heteroatoms. The first-order valence-corrected chi connectivity index (χ1v) is 11.2. The molecule has 1 N–H and O–H groups in total. The van der Waals surface area contributed by atoms with E-state index in [1.807, 2.05) is 0 Å². The topological polar surface area (TPSA) is 73.2 Å². The minimum absolute atomic E-state index is 0.0659. The van der Waals surface area contributed by atoms with Crippen LogP contribution in [-0.2, 0) is 22.5 Å². The molecule has 1 amide bonds. The lowest BCUT2D eigenvalue weighted by Crippen LogP contribution is -2.27. The monoisotopic (exact) mass is 459 g/mol. The molecule has 0 bridgehead atoms. The van der Waals surface area contributed by atoms with E-state index in [1.165, 1.54) is 11.8 Å². The van der Waals surface area contributed by atoms with Gasteiger partial charge in [0.05, 0.1) is 39.5 Å². The second-order valence-corrected chi connectivity index (χ2v) is 9.42.